The molecule has 0 radical (unpaired) electrons. The number of rotatable bonds is 3. The molecule has 27 heavy (non-hydrogen) atoms. The number of benzene rings is 2. The Bertz CT molecular complexity index is 1070. The minimum Gasteiger partial charge on any atom is -0.486 e. The molecule has 1 atom stereocenters. The first-order valence-corrected chi connectivity index (χ1v) is 8.70. The summed E-state index contributed by atoms with van der Waals surface area (Å²) in [5, 5.41) is 0.467. The smallest absolute Gasteiger partial charge is 0.289 e. The van der Waals surface area contributed by atoms with Crippen molar-refractivity contribution in [1.82, 2.24) is 4.90 Å². The van der Waals surface area contributed by atoms with Crippen LogP contribution in [0.2, 0.25) is 0 Å². The minimum absolute atomic E-state index is 0.0102. The second kappa shape index (κ2) is 6.79. The summed E-state index contributed by atoms with van der Waals surface area (Å²) in [6, 6.07) is 14.0. The normalized spacial score (nSPS) is 15.6. The van der Waals surface area contributed by atoms with Gasteiger partial charge < -0.3 is 18.8 Å². The molecule has 1 aliphatic rings. The lowest BCUT2D eigenvalue weighted by molar-refractivity contribution is 0.0502. The molecule has 6 nitrogen and oxygen atoms in total. The van der Waals surface area contributed by atoms with Crippen LogP contribution in [0.4, 0.5) is 0 Å². The minimum atomic E-state index is -0.378. The Morgan fingerprint density at radius 2 is 1.93 bits per heavy atom. The summed E-state index contributed by atoms with van der Waals surface area (Å²) in [7, 11) is 1.64. The van der Waals surface area contributed by atoms with E-state index in [9.17, 15) is 9.59 Å². The molecule has 1 aromatic heterocycles. The van der Waals surface area contributed by atoms with Gasteiger partial charge in [0.25, 0.3) is 5.91 Å². The molecule has 4 rings (SSSR count). The van der Waals surface area contributed by atoms with E-state index in [4.69, 9.17) is 13.9 Å². The highest BCUT2D eigenvalue weighted by Gasteiger charge is 2.25. The molecule has 1 aliphatic heterocycles. The lowest BCUT2D eigenvalue weighted by atomic mass is 10.1. The first-order valence-electron chi connectivity index (χ1n) is 8.70. The Kier molecular flexibility index (Phi) is 4.32. The van der Waals surface area contributed by atoms with Gasteiger partial charge in [0, 0.05) is 13.1 Å². The first kappa shape index (κ1) is 17.1. The molecule has 138 valence electrons. The van der Waals surface area contributed by atoms with Crippen LogP contribution in [-0.2, 0) is 0 Å². The molecule has 2 aromatic carbocycles. The molecule has 0 aliphatic carbocycles. The van der Waals surface area contributed by atoms with Gasteiger partial charge in [-0.05, 0) is 31.2 Å². The summed E-state index contributed by atoms with van der Waals surface area (Å²) in [4.78, 5) is 26.5. The molecule has 0 saturated heterocycles. The van der Waals surface area contributed by atoms with Crippen LogP contribution in [0.5, 0.6) is 11.5 Å². The molecule has 3 aromatic rings. The number of fused-ring (bicyclic) bond motifs is 2. The monoisotopic (exact) mass is 365 g/mol. The molecule has 0 spiro atoms. The van der Waals surface area contributed by atoms with Gasteiger partial charge in [0.1, 0.15) is 12.2 Å². The molecule has 0 saturated carbocycles. The largest absolute Gasteiger partial charge is 0.486 e. The van der Waals surface area contributed by atoms with Crippen molar-refractivity contribution in [1.29, 1.82) is 0 Å². The SMILES string of the molecule is Cc1ccc2oc(C(=O)N(C)C[C@@H]3COc4ccccc4O3)cc(=O)c2c1. The predicted molar refractivity (Wildman–Crippen MR) is 101 cm³/mol. The van der Waals surface area contributed by atoms with Gasteiger partial charge in [0.2, 0.25) is 0 Å². The van der Waals surface area contributed by atoms with Gasteiger partial charge in [-0.3, -0.25) is 9.59 Å². The summed E-state index contributed by atoms with van der Waals surface area (Å²) >= 11 is 0. The number of aryl methyl sites for hydroxylation is 1. The average molecular weight is 365 g/mol. The van der Waals surface area contributed by atoms with E-state index in [0.717, 1.165) is 5.56 Å². The fraction of sp³-hybridized carbons (Fsp3) is 0.238. The lowest BCUT2D eigenvalue weighted by Gasteiger charge is -2.29. The van der Waals surface area contributed by atoms with Crippen LogP contribution in [0, 0.1) is 6.92 Å². The Hall–Kier alpha value is -3.28. The van der Waals surface area contributed by atoms with Gasteiger partial charge in [-0.1, -0.05) is 23.8 Å². The molecule has 0 fully saturated rings. The fourth-order valence-electron chi connectivity index (χ4n) is 3.11. The lowest BCUT2D eigenvalue weighted by Crippen LogP contribution is -2.41. The van der Waals surface area contributed by atoms with Crippen LogP contribution in [0.25, 0.3) is 11.0 Å². The number of carbonyl (C=O) groups excluding carboxylic acids is 1. The van der Waals surface area contributed by atoms with Gasteiger partial charge in [0.05, 0.1) is 11.9 Å². The zero-order valence-corrected chi connectivity index (χ0v) is 15.1. The van der Waals surface area contributed by atoms with Crippen LogP contribution in [0.3, 0.4) is 0 Å². The molecule has 0 N–H and O–H groups in total. The van der Waals surface area contributed by atoms with Crippen molar-refractivity contribution >= 4 is 16.9 Å². The molecule has 0 unspecified atom stereocenters. The van der Waals surface area contributed by atoms with Crippen LogP contribution in [-0.4, -0.2) is 37.1 Å². The number of carbonyl (C=O) groups is 1. The topological polar surface area (TPSA) is 69.0 Å². The molecular weight excluding hydrogens is 346 g/mol. The number of nitrogens with zero attached hydrogens (tertiary/aromatic N) is 1. The van der Waals surface area contributed by atoms with E-state index in [-0.39, 0.29) is 23.2 Å². The van der Waals surface area contributed by atoms with Gasteiger partial charge in [0.15, 0.2) is 28.8 Å². The highest BCUT2D eigenvalue weighted by Crippen LogP contribution is 2.31. The summed E-state index contributed by atoms with van der Waals surface area (Å²) < 4.78 is 17.2. The summed E-state index contributed by atoms with van der Waals surface area (Å²) in [5.74, 6) is 0.980. The van der Waals surface area contributed by atoms with Crippen molar-refractivity contribution in [3.8, 4) is 11.5 Å². The van der Waals surface area contributed by atoms with Crippen molar-refractivity contribution in [3.63, 3.8) is 0 Å². The standard InChI is InChI=1S/C21H19NO5/c1-13-7-8-17-15(9-13)16(23)10-20(27-17)21(24)22(2)11-14-12-25-18-5-3-4-6-19(18)26-14/h3-10,14H,11-12H2,1-2H3/t14-/m1/s1. The second-order valence-corrected chi connectivity index (χ2v) is 6.66. The number of ether oxygens (including phenoxy) is 2. The van der Waals surface area contributed by atoms with Crippen LogP contribution in [0.1, 0.15) is 16.1 Å². The first-order chi connectivity index (χ1) is 13.0. The van der Waals surface area contributed by atoms with E-state index >= 15 is 0 Å². The molecular formula is C21H19NO5. The zero-order valence-electron chi connectivity index (χ0n) is 15.1. The Balaban J connectivity index is 1.52. The molecule has 0 bridgehead atoms. The molecule has 2 heterocycles. The Morgan fingerprint density at radius 3 is 2.74 bits per heavy atom. The number of hydrogen-bond donors (Lipinski definition) is 0. The third kappa shape index (κ3) is 3.38. The van der Waals surface area contributed by atoms with Crippen molar-refractivity contribution < 1.29 is 18.7 Å². The van der Waals surface area contributed by atoms with Crippen molar-refractivity contribution in [2.75, 3.05) is 20.2 Å². The van der Waals surface area contributed by atoms with E-state index in [1.807, 2.05) is 37.3 Å². The predicted octanol–water partition coefficient (Wildman–Crippen LogP) is 3.01. The van der Waals surface area contributed by atoms with E-state index in [2.05, 4.69) is 0 Å². The number of hydrogen-bond acceptors (Lipinski definition) is 5. The van der Waals surface area contributed by atoms with E-state index in [0.29, 0.717) is 35.6 Å². The number of amides is 1. The maximum Gasteiger partial charge on any atom is 0.289 e. The van der Waals surface area contributed by atoms with E-state index < -0.39 is 0 Å². The number of para-hydroxylation sites is 2. The van der Waals surface area contributed by atoms with Crippen molar-refractivity contribution in [2.45, 2.75) is 13.0 Å². The quantitative estimate of drug-likeness (QED) is 0.714. The van der Waals surface area contributed by atoms with Gasteiger partial charge in [-0.25, -0.2) is 0 Å². The average Bonchev–Trinajstić information content (AvgIpc) is 2.67. The van der Waals surface area contributed by atoms with Crippen molar-refractivity contribution in [3.05, 3.63) is 70.1 Å². The Labute approximate surface area is 155 Å². The molecule has 6 heteroatoms. The maximum atomic E-state index is 12.7. The number of likely N-dealkylation sites (N-methyl/N-ethyl adjacent to an activating group) is 1. The summed E-state index contributed by atoms with van der Waals surface area (Å²) in [6.07, 6.45) is -0.302. The summed E-state index contributed by atoms with van der Waals surface area (Å²) in [5.41, 5.74) is 1.12. The maximum absolute atomic E-state index is 12.7. The van der Waals surface area contributed by atoms with Gasteiger partial charge >= 0.3 is 0 Å². The highest BCUT2D eigenvalue weighted by atomic mass is 16.6. The molecule has 1 amide bonds. The van der Waals surface area contributed by atoms with Crippen LogP contribution >= 0.6 is 0 Å². The second-order valence-electron chi connectivity index (χ2n) is 6.66. The fourth-order valence-corrected chi connectivity index (χ4v) is 3.11. The zero-order chi connectivity index (χ0) is 19.0. The third-order valence-corrected chi connectivity index (χ3v) is 4.49. The van der Waals surface area contributed by atoms with Gasteiger partial charge in [-0.2, -0.15) is 0 Å². The van der Waals surface area contributed by atoms with Gasteiger partial charge in [-0.15, -0.1) is 0 Å². The summed E-state index contributed by atoms with van der Waals surface area (Å²) in [6.45, 7) is 2.55. The highest BCUT2D eigenvalue weighted by molar-refractivity contribution is 5.93. The Morgan fingerprint density at radius 1 is 1.15 bits per heavy atom. The van der Waals surface area contributed by atoms with Crippen LogP contribution in [0.15, 0.2) is 57.7 Å². The third-order valence-electron chi connectivity index (χ3n) is 4.49. The van der Waals surface area contributed by atoms with E-state index in [1.54, 1.807) is 19.2 Å². The van der Waals surface area contributed by atoms with E-state index in [1.165, 1.54) is 11.0 Å². The van der Waals surface area contributed by atoms with Crippen LogP contribution < -0.4 is 14.9 Å². The van der Waals surface area contributed by atoms with Crippen molar-refractivity contribution in [2.24, 2.45) is 0 Å².